The number of carbonyl (C=O) groups is 2. The molecule has 0 atom stereocenters. The van der Waals surface area contributed by atoms with Crippen LogP contribution < -0.4 is 10.9 Å². The van der Waals surface area contributed by atoms with Crippen LogP contribution in [0.3, 0.4) is 0 Å². The van der Waals surface area contributed by atoms with Gasteiger partial charge in [-0.3, -0.25) is 25.0 Å². The van der Waals surface area contributed by atoms with Crippen molar-refractivity contribution in [3.05, 3.63) is 95.3 Å². The highest BCUT2D eigenvalue weighted by atomic mass is 35.5. The van der Waals surface area contributed by atoms with Crippen LogP contribution in [0.15, 0.2) is 84.0 Å². The number of carbonyl (C=O) groups excluding carboxylic acids is 2. The number of halogens is 2. The Hall–Kier alpha value is -3.69. The van der Waals surface area contributed by atoms with Crippen LogP contribution in [0.1, 0.15) is 10.4 Å². The van der Waals surface area contributed by atoms with E-state index in [1.807, 2.05) is 0 Å². The number of thioether (sulfide) groups is 1. The molecule has 4 aromatic rings. The molecule has 1 heterocycles. The number of nitrogens with zero attached hydrogens (tertiary/aromatic N) is 3. The third-order valence-corrected chi connectivity index (χ3v) is 5.78. The summed E-state index contributed by atoms with van der Waals surface area (Å²) >= 11 is 7.37. The minimum Gasteiger partial charge on any atom is -0.272 e. The van der Waals surface area contributed by atoms with Crippen molar-refractivity contribution in [1.82, 2.24) is 25.6 Å². The fourth-order valence-corrected chi connectivity index (χ4v) is 3.95. The first-order valence-corrected chi connectivity index (χ1v) is 11.1. The number of hydrazine groups is 1. The second-order valence-electron chi connectivity index (χ2n) is 6.73. The van der Waals surface area contributed by atoms with Gasteiger partial charge in [-0.25, -0.2) is 4.39 Å². The maximum Gasteiger partial charge on any atom is 0.269 e. The van der Waals surface area contributed by atoms with Crippen LogP contribution in [0.5, 0.6) is 0 Å². The molecule has 33 heavy (non-hydrogen) atoms. The van der Waals surface area contributed by atoms with Gasteiger partial charge in [0.2, 0.25) is 5.91 Å². The van der Waals surface area contributed by atoms with E-state index in [9.17, 15) is 14.0 Å². The summed E-state index contributed by atoms with van der Waals surface area (Å²) in [5.41, 5.74) is 5.92. The minimum atomic E-state index is -0.480. The topological polar surface area (TPSA) is 88.9 Å². The Morgan fingerprint density at radius 2 is 1.61 bits per heavy atom. The smallest absolute Gasteiger partial charge is 0.269 e. The van der Waals surface area contributed by atoms with E-state index in [-0.39, 0.29) is 11.4 Å². The van der Waals surface area contributed by atoms with Gasteiger partial charge in [-0.1, -0.05) is 65.8 Å². The second-order valence-corrected chi connectivity index (χ2v) is 8.08. The van der Waals surface area contributed by atoms with Gasteiger partial charge in [0.25, 0.3) is 5.91 Å². The van der Waals surface area contributed by atoms with Crippen LogP contribution in [0.25, 0.3) is 17.1 Å². The monoisotopic (exact) mass is 481 g/mol. The van der Waals surface area contributed by atoms with Crippen LogP contribution in [0.4, 0.5) is 4.39 Å². The highest BCUT2D eigenvalue weighted by molar-refractivity contribution is 7.99. The van der Waals surface area contributed by atoms with Crippen LogP contribution in [-0.4, -0.2) is 32.3 Å². The van der Waals surface area contributed by atoms with E-state index in [0.29, 0.717) is 27.1 Å². The number of amides is 2. The maximum absolute atomic E-state index is 14.7. The van der Waals surface area contributed by atoms with Crippen molar-refractivity contribution in [3.8, 4) is 17.1 Å². The lowest BCUT2D eigenvalue weighted by Crippen LogP contribution is -2.42. The summed E-state index contributed by atoms with van der Waals surface area (Å²) in [7, 11) is 0. The van der Waals surface area contributed by atoms with Crippen molar-refractivity contribution in [2.45, 2.75) is 5.16 Å². The van der Waals surface area contributed by atoms with Gasteiger partial charge in [-0.15, -0.1) is 10.2 Å². The summed E-state index contributed by atoms with van der Waals surface area (Å²) in [6, 6.07) is 21.7. The van der Waals surface area contributed by atoms with Crippen molar-refractivity contribution in [3.63, 3.8) is 0 Å². The van der Waals surface area contributed by atoms with Crippen molar-refractivity contribution in [2.75, 3.05) is 5.75 Å². The Bertz CT molecular complexity index is 1300. The highest BCUT2D eigenvalue weighted by Gasteiger charge is 2.21. The van der Waals surface area contributed by atoms with E-state index < -0.39 is 17.6 Å². The van der Waals surface area contributed by atoms with Crippen molar-refractivity contribution < 1.29 is 14.0 Å². The van der Waals surface area contributed by atoms with Gasteiger partial charge < -0.3 is 0 Å². The molecule has 0 radical (unpaired) electrons. The number of hydrogen-bond donors (Lipinski definition) is 2. The molecule has 7 nitrogen and oxygen atoms in total. The number of para-hydroxylation sites is 1. The summed E-state index contributed by atoms with van der Waals surface area (Å²) < 4.78 is 16.2. The van der Waals surface area contributed by atoms with Gasteiger partial charge in [0, 0.05) is 11.1 Å². The highest BCUT2D eigenvalue weighted by Crippen LogP contribution is 2.32. The molecule has 0 aliphatic heterocycles. The number of benzene rings is 3. The molecular formula is C23H17ClFN5O2S. The number of nitrogens with one attached hydrogen (secondary N) is 2. The van der Waals surface area contributed by atoms with Gasteiger partial charge in [0.1, 0.15) is 5.82 Å². The molecule has 0 fully saturated rings. The molecule has 0 aliphatic rings. The molecule has 10 heteroatoms. The lowest BCUT2D eigenvalue weighted by atomic mass is 10.2. The normalized spacial score (nSPS) is 10.6. The number of hydrogen-bond acceptors (Lipinski definition) is 5. The van der Waals surface area contributed by atoms with Crippen LogP contribution in [0, 0.1) is 5.82 Å². The fourth-order valence-electron chi connectivity index (χ4n) is 2.99. The third kappa shape index (κ3) is 5.21. The van der Waals surface area contributed by atoms with E-state index in [0.717, 1.165) is 11.8 Å². The summed E-state index contributed by atoms with van der Waals surface area (Å²) in [5.74, 6) is -1.14. The number of aromatic nitrogens is 3. The molecular weight excluding hydrogens is 465 g/mol. The first-order chi connectivity index (χ1) is 16.0. The molecule has 4 rings (SSSR count). The SMILES string of the molecule is O=C(CSc1nnc(-c2ccccc2Cl)n1-c1ccccc1F)NNC(=O)c1ccccc1. The summed E-state index contributed by atoms with van der Waals surface area (Å²) in [4.78, 5) is 24.4. The Kier molecular flexibility index (Phi) is 7.01. The second kappa shape index (κ2) is 10.3. The van der Waals surface area contributed by atoms with E-state index in [2.05, 4.69) is 21.0 Å². The lowest BCUT2D eigenvalue weighted by molar-refractivity contribution is -0.119. The number of rotatable bonds is 6. The maximum atomic E-state index is 14.7. The zero-order valence-electron chi connectivity index (χ0n) is 17.0. The van der Waals surface area contributed by atoms with Crippen molar-refractivity contribution in [1.29, 1.82) is 0 Å². The average Bonchev–Trinajstić information content (AvgIpc) is 3.25. The molecule has 2 amide bonds. The standard InChI is InChI=1S/C23H17ClFN5O2S/c24-17-11-5-4-10-16(17)21-27-29-23(30(21)19-13-7-6-12-18(19)25)33-14-20(31)26-28-22(32)15-8-2-1-3-9-15/h1-13H,14H2,(H,26,31)(H,28,32). The Morgan fingerprint density at radius 1 is 0.909 bits per heavy atom. The summed E-state index contributed by atoms with van der Waals surface area (Å²) in [6.45, 7) is 0. The predicted octanol–water partition coefficient (Wildman–Crippen LogP) is 4.28. The fraction of sp³-hybridized carbons (Fsp3) is 0.0435. The van der Waals surface area contributed by atoms with Gasteiger partial charge in [0.05, 0.1) is 16.5 Å². The van der Waals surface area contributed by atoms with Crippen LogP contribution in [0.2, 0.25) is 5.02 Å². The summed E-state index contributed by atoms with van der Waals surface area (Å²) in [5, 5.41) is 9.07. The Balaban J connectivity index is 1.53. The van der Waals surface area contributed by atoms with E-state index >= 15 is 0 Å². The van der Waals surface area contributed by atoms with E-state index in [4.69, 9.17) is 11.6 Å². The molecule has 0 aliphatic carbocycles. The molecule has 0 unspecified atom stereocenters. The Labute approximate surface area is 198 Å². The van der Waals surface area contributed by atoms with E-state index in [1.165, 1.54) is 10.6 Å². The molecule has 166 valence electrons. The van der Waals surface area contributed by atoms with Gasteiger partial charge in [-0.05, 0) is 36.4 Å². The van der Waals surface area contributed by atoms with Crippen molar-refractivity contribution >= 4 is 35.2 Å². The lowest BCUT2D eigenvalue weighted by Gasteiger charge is -2.12. The van der Waals surface area contributed by atoms with Gasteiger partial charge in [-0.2, -0.15) is 0 Å². The molecule has 0 spiro atoms. The minimum absolute atomic E-state index is 0.0931. The molecule has 2 N–H and O–H groups in total. The molecule has 3 aromatic carbocycles. The molecule has 1 aromatic heterocycles. The average molecular weight is 482 g/mol. The molecule has 0 saturated carbocycles. The quantitative estimate of drug-likeness (QED) is 0.317. The van der Waals surface area contributed by atoms with Gasteiger partial charge >= 0.3 is 0 Å². The van der Waals surface area contributed by atoms with Crippen LogP contribution >= 0.6 is 23.4 Å². The largest absolute Gasteiger partial charge is 0.272 e. The zero-order valence-corrected chi connectivity index (χ0v) is 18.6. The Morgan fingerprint density at radius 3 is 2.36 bits per heavy atom. The van der Waals surface area contributed by atoms with Crippen molar-refractivity contribution in [2.24, 2.45) is 0 Å². The molecule has 0 saturated heterocycles. The predicted molar refractivity (Wildman–Crippen MR) is 125 cm³/mol. The molecule has 0 bridgehead atoms. The zero-order chi connectivity index (χ0) is 23.2. The van der Waals surface area contributed by atoms with E-state index in [1.54, 1.807) is 72.8 Å². The van der Waals surface area contributed by atoms with Gasteiger partial charge in [0.15, 0.2) is 11.0 Å². The van der Waals surface area contributed by atoms with Crippen LogP contribution in [-0.2, 0) is 4.79 Å². The first-order valence-electron chi connectivity index (χ1n) is 9.77. The first kappa shape index (κ1) is 22.5. The summed E-state index contributed by atoms with van der Waals surface area (Å²) in [6.07, 6.45) is 0. The third-order valence-electron chi connectivity index (χ3n) is 4.53.